The summed E-state index contributed by atoms with van der Waals surface area (Å²) < 4.78 is 6.45. The van der Waals surface area contributed by atoms with E-state index in [1.165, 1.54) is 5.56 Å². The van der Waals surface area contributed by atoms with Gasteiger partial charge in [-0.15, -0.1) is 0 Å². The van der Waals surface area contributed by atoms with Gasteiger partial charge in [0, 0.05) is 12.6 Å². The summed E-state index contributed by atoms with van der Waals surface area (Å²) >= 11 is 1.10. The average molecular weight is 431 g/mol. The molecule has 0 saturated heterocycles. The standard InChI is InChI=1S/C23H30N2O4S/c24-19(18-11-12-20(27)21-22(18)30-23(28)25-21)6-4-2-1-3-5-14-29-15-13-16-7-9-17(26)10-8-16/h7-12,19,26-27H,1-6,13-15,24H2,(H,25,28). The van der Waals surface area contributed by atoms with Crippen molar-refractivity contribution in [3.8, 4) is 11.5 Å². The van der Waals surface area contributed by atoms with Crippen LogP contribution >= 0.6 is 11.3 Å². The first-order valence-electron chi connectivity index (χ1n) is 10.5. The van der Waals surface area contributed by atoms with E-state index in [1.54, 1.807) is 18.2 Å². The van der Waals surface area contributed by atoms with Gasteiger partial charge in [0.1, 0.15) is 17.0 Å². The van der Waals surface area contributed by atoms with Gasteiger partial charge >= 0.3 is 4.87 Å². The number of benzene rings is 2. The second kappa shape index (κ2) is 11.2. The molecule has 0 radical (unpaired) electrons. The summed E-state index contributed by atoms with van der Waals surface area (Å²) in [6.45, 7) is 1.47. The quantitative estimate of drug-likeness (QED) is 0.314. The second-order valence-electron chi connectivity index (χ2n) is 7.58. The minimum Gasteiger partial charge on any atom is -0.508 e. The van der Waals surface area contributed by atoms with E-state index < -0.39 is 0 Å². The molecule has 1 heterocycles. The third-order valence-corrected chi connectivity index (χ3v) is 6.19. The molecule has 0 spiro atoms. The van der Waals surface area contributed by atoms with E-state index in [0.717, 1.165) is 73.2 Å². The highest BCUT2D eigenvalue weighted by Crippen LogP contribution is 2.32. The lowest BCUT2D eigenvalue weighted by Gasteiger charge is -2.13. The lowest BCUT2D eigenvalue weighted by atomic mass is 10.00. The molecule has 0 fully saturated rings. The fourth-order valence-corrected chi connectivity index (χ4v) is 4.47. The highest BCUT2D eigenvalue weighted by Gasteiger charge is 2.14. The van der Waals surface area contributed by atoms with E-state index in [4.69, 9.17) is 10.5 Å². The number of rotatable bonds is 12. The fraction of sp³-hybridized carbons (Fsp3) is 0.435. The fourth-order valence-electron chi connectivity index (χ4n) is 3.54. The maximum Gasteiger partial charge on any atom is 0.305 e. The molecule has 6 nitrogen and oxygen atoms in total. The highest BCUT2D eigenvalue weighted by molar-refractivity contribution is 7.16. The first-order chi connectivity index (χ1) is 14.5. The predicted octanol–water partition coefficient (Wildman–Crippen LogP) is 4.60. The first-order valence-corrected chi connectivity index (χ1v) is 11.3. The number of ether oxygens (including phenoxy) is 1. The molecule has 1 aromatic heterocycles. The van der Waals surface area contributed by atoms with Crippen LogP contribution in [0.25, 0.3) is 10.2 Å². The molecule has 3 rings (SSSR count). The number of phenolic OH excluding ortho intramolecular Hbond substituents is 2. The minimum absolute atomic E-state index is 0.0876. The molecular formula is C23H30N2O4S. The SMILES string of the molecule is NC(CCCCCCCOCCc1ccc(O)cc1)c1ccc(O)c2[nH]c(=O)sc12. The van der Waals surface area contributed by atoms with Crippen LogP contribution in [0, 0.1) is 0 Å². The first kappa shape index (κ1) is 22.3. The number of aromatic nitrogens is 1. The van der Waals surface area contributed by atoms with Crippen molar-refractivity contribution >= 4 is 21.6 Å². The number of nitrogens with one attached hydrogen (secondary N) is 1. The van der Waals surface area contributed by atoms with E-state index >= 15 is 0 Å². The number of hydrogen-bond acceptors (Lipinski definition) is 6. The highest BCUT2D eigenvalue weighted by atomic mass is 32.1. The normalized spacial score (nSPS) is 12.4. The average Bonchev–Trinajstić information content (AvgIpc) is 3.13. The summed E-state index contributed by atoms with van der Waals surface area (Å²) in [6.07, 6.45) is 7.20. The van der Waals surface area contributed by atoms with E-state index in [1.807, 2.05) is 18.2 Å². The van der Waals surface area contributed by atoms with Crippen molar-refractivity contribution in [3.63, 3.8) is 0 Å². The van der Waals surface area contributed by atoms with Crippen molar-refractivity contribution in [2.24, 2.45) is 5.73 Å². The van der Waals surface area contributed by atoms with Crippen LogP contribution in [0.3, 0.4) is 0 Å². The Labute approximate surface area is 180 Å². The number of thiazole rings is 1. The van der Waals surface area contributed by atoms with E-state index in [2.05, 4.69) is 4.98 Å². The van der Waals surface area contributed by atoms with Crippen LogP contribution < -0.4 is 10.6 Å². The molecule has 0 amide bonds. The molecule has 3 aromatic rings. The van der Waals surface area contributed by atoms with Crippen LogP contribution in [0.15, 0.2) is 41.2 Å². The van der Waals surface area contributed by atoms with Crippen molar-refractivity contribution < 1.29 is 14.9 Å². The van der Waals surface area contributed by atoms with Gasteiger partial charge in [-0.05, 0) is 48.6 Å². The molecular weight excluding hydrogens is 400 g/mol. The molecule has 0 aliphatic heterocycles. The zero-order valence-electron chi connectivity index (χ0n) is 17.1. The summed E-state index contributed by atoms with van der Waals surface area (Å²) in [4.78, 5) is 14.1. The topological polar surface area (TPSA) is 109 Å². The molecule has 7 heteroatoms. The van der Waals surface area contributed by atoms with Crippen LogP contribution in [-0.4, -0.2) is 28.4 Å². The second-order valence-corrected chi connectivity index (χ2v) is 8.57. The minimum atomic E-state index is -0.176. The summed E-state index contributed by atoms with van der Waals surface area (Å²) in [7, 11) is 0. The molecule has 0 aliphatic carbocycles. The van der Waals surface area contributed by atoms with Crippen LogP contribution in [0.2, 0.25) is 0 Å². The van der Waals surface area contributed by atoms with Gasteiger partial charge in [0.05, 0.1) is 11.3 Å². The Morgan fingerprint density at radius 1 is 0.967 bits per heavy atom. The lowest BCUT2D eigenvalue weighted by molar-refractivity contribution is 0.132. The molecule has 0 saturated carbocycles. The maximum atomic E-state index is 11.6. The van der Waals surface area contributed by atoms with Gasteiger partial charge in [-0.1, -0.05) is 55.2 Å². The number of hydrogen-bond donors (Lipinski definition) is 4. The number of aromatic amines is 1. The molecule has 30 heavy (non-hydrogen) atoms. The molecule has 1 unspecified atom stereocenters. The van der Waals surface area contributed by atoms with Gasteiger partial charge in [0.2, 0.25) is 0 Å². The third kappa shape index (κ3) is 6.32. The Hall–Kier alpha value is -2.35. The van der Waals surface area contributed by atoms with Crippen LogP contribution in [0.5, 0.6) is 11.5 Å². The number of fused-ring (bicyclic) bond motifs is 1. The summed E-state index contributed by atoms with van der Waals surface area (Å²) in [5, 5.41) is 19.2. The molecule has 0 aliphatic rings. The largest absolute Gasteiger partial charge is 0.508 e. The van der Waals surface area contributed by atoms with E-state index in [9.17, 15) is 15.0 Å². The van der Waals surface area contributed by atoms with Crippen LogP contribution in [0.1, 0.15) is 55.7 Å². The Balaban J connectivity index is 1.26. The Morgan fingerprint density at radius 2 is 1.70 bits per heavy atom. The van der Waals surface area contributed by atoms with Crippen molar-refractivity contribution in [3.05, 3.63) is 57.2 Å². The van der Waals surface area contributed by atoms with Crippen molar-refractivity contribution in [2.45, 2.75) is 51.0 Å². The van der Waals surface area contributed by atoms with Gasteiger partial charge in [-0.25, -0.2) is 0 Å². The molecule has 162 valence electrons. The Kier molecular flexibility index (Phi) is 8.30. The number of phenols is 2. The Bertz CT molecular complexity index is 981. The van der Waals surface area contributed by atoms with Crippen molar-refractivity contribution in [2.75, 3.05) is 13.2 Å². The van der Waals surface area contributed by atoms with Crippen LogP contribution in [0.4, 0.5) is 0 Å². The summed E-state index contributed by atoms with van der Waals surface area (Å²) in [5.41, 5.74) is 8.93. The number of aromatic hydroxyl groups is 2. The van der Waals surface area contributed by atoms with Gasteiger partial charge < -0.3 is 25.7 Å². The summed E-state index contributed by atoms with van der Waals surface area (Å²) in [5.74, 6) is 0.378. The molecule has 5 N–H and O–H groups in total. The number of unbranched alkanes of at least 4 members (excludes halogenated alkanes) is 4. The van der Waals surface area contributed by atoms with E-state index in [0.29, 0.717) is 17.9 Å². The molecule has 2 aromatic carbocycles. The monoisotopic (exact) mass is 430 g/mol. The third-order valence-electron chi connectivity index (χ3n) is 5.26. The maximum absolute atomic E-state index is 11.6. The zero-order valence-corrected chi connectivity index (χ0v) is 17.9. The summed E-state index contributed by atoms with van der Waals surface area (Å²) in [6, 6.07) is 10.5. The van der Waals surface area contributed by atoms with Gasteiger partial charge in [0.15, 0.2) is 0 Å². The van der Waals surface area contributed by atoms with Gasteiger partial charge in [-0.2, -0.15) is 0 Å². The smallest absolute Gasteiger partial charge is 0.305 e. The van der Waals surface area contributed by atoms with Crippen molar-refractivity contribution in [1.82, 2.24) is 4.98 Å². The van der Waals surface area contributed by atoms with Gasteiger partial charge in [0.25, 0.3) is 0 Å². The van der Waals surface area contributed by atoms with Crippen molar-refractivity contribution in [1.29, 1.82) is 0 Å². The molecule has 0 bridgehead atoms. The Morgan fingerprint density at radius 3 is 2.50 bits per heavy atom. The molecule has 1 atom stereocenters. The number of nitrogens with two attached hydrogens (primary N) is 1. The van der Waals surface area contributed by atoms with E-state index in [-0.39, 0.29) is 16.7 Å². The number of H-pyrrole nitrogens is 1. The lowest BCUT2D eigenvalue weighted by Crippen LogP contribution is -2.10. The van der Waals surface area contributed by atoms with Gasteiger partial charge in [-0.3, -0.25) is 4.79 Å². The van der Waals surface area contributed by atoms with Crippen LogP contribution in [-0.2, 0) is 11.2 Å². The zero-order chi connectivity index (χ0) is 21.3. The predicted molar refractivity (Wildman–Crippen MR) is 121 cm³/mol.